The molecule has 1 aromatic heterocycles. The van der Waals surface area contributed by atoms with Gasteiger partial charge in [0, 0.05) is 0 Å². The maximum atomic E-state index is 8.08. The van der Waals surface area contributed by atoms with Gasteiger partial charge in [-0.3, -0.25) is 0 Å². The fourth-order valence-corrected chi connectivity index (χ4v) is 2.57. The van der Waals surface area contributed by atoms with Crippen LogP contribution in [0.3, 0.4) is 0 Å². The molecule has 0 saturated carbocycles. The summed E-state index contributed by atoms with van der Waals surface area (Å²) >= 11 is -0.162. The van der Waals surface area contributed by atoms with Crippen LogP contribution in [0.15, 0.2) is 12.1 Å². The molecule has 0 atom stereocenters. The van der Waals surface area contributed by atoms with E-state index in [1.54, 1.807) is 0 Å². The fourth-order valence-electron chi connectivity index (χ4n) is 0.746. The Balaban J connectivity index is 3.34. The second kappa shape index (κ2) is 3.16. The second-order valence-electron chi connectivity index (χ2n) is 3.61. The van der Waals surface area contributed by atoms with Gasteiger partial charge in [-0.15, -0.1) is 0 Å². The molecular formula is C10H16Se. The Kier molecular flexibility index (Phi) is 1.41. The van der Waals surface area contributed by atoms with Gasteiger partial charge in [0.1, 0.15) is 0 Å². The standard InChI is InChI=1S/C10H16Se/c1-8-5-6-9(11-8)7-10(2,3)4/h5-6H,7H2,1-4H3/i5D,6D,7D2. The summed E-state index contributed by atoms with van der Waals surface area (Å²) in [5, 5.41) is 0. The zero-order chi connectivity index (χ0) is 12.0. The summed E-state index contributed by atoms with van der Waals surface area (Å²) in [4.78, 5) is 0. The van der Waals surface area contributed by atoms with Crippen LogP contribution >= 0.6 is 0 Å². The molecule has 0 fully saturated rings. The Labute approximate surface area is 81.0 Å². The molecule has 1 heterocycles. The normalized spacial score (nSPS) is 18.5. The van der Waals surface area contributed by atoms with E-state index in [1.165, 1.54) is 0 Å². The van der Waals surface area contributed by atoms with E-state index < -0.39 is 11.8 Å². The summed E-state index contributed by atoms with van der Waals surface area (Å²) in [6.07, 6.45) is -1.49. The summed E-state index contributed by atoms with van der Waals surface area (Å²) in [5.74, 6) is 0. The predicted octanol–water partition coefficient (Wildman–Crippen LogP) is 2.64. The van der Waals surface area contributed by atoms with Crippen molar-refractivity contribution in [3.63, 3.8) is 0 Å². The van der Waals surface area contributed by atoms with E-state index in [2.05, 4.69) is 0 Å². The molecule has 0 aromatic carbocycles. The van der Waals surface area contributed by atoms with Crippen LogP contribution in [-0.2, 0) is 6.37 Å². The van der Waals surface area contributed by atoms with Crippen molar-refractivity contribution < 1.29 is 5.48 Å². The zero-order valence-corrected chi connectivity index (χ0v) is 9.12. The molecule has 0 bridgehead atoms. The van der Waals surface area contributed by atoms with Crippen molar-refractivity contribution in [2.24, 2.45) is 5.41 Å². The van der Waals surface area contributed by atoms with Gasteiger partial charge in [-0.05, 0) is 0 Å². The molecule has 0 unspecified atom stereocenters. The first kappa shape index (κ1) is 4.89. The van der Waals surface area contributed by atoms with Crippen molar-refractivity contribution in [2.75, 3.05) is 0 Å². The second-order valence-corrected chi connectivity index (χ2v) is 6.18. The number of rotatable bonds is 1. The molecule has 0 aliphatic rings. The number of hydrogen-bond acceptors (Lipinski definition) is 0. The minimum absolute atomic E-state index is 0.104. The van der Waals surface area contributed by atoms with Gasteiger partial charge in [0.25, 0.3) is 0 Å². The summed E-state index contributed by atoms with van der Waals surface area (Å²) < 4.78 is 32.9. The van der Waals surface area contributed by atoms with E-state index >= 15 is 0 Å². The van der Waals surface area contributed by atoms with E-state index in [4.69, 9.17) is 5.48 Å². The van der Waals surface area contributed by atoms with Crippen LogP contribution in [0.25, 0.3) is 0 Å². The van der Waals surface area contributed by atoms with Crippen LogP contribution in [0.5, 0.6) is 0 Å². The van der Waals surface area contributed by atoms with Gasteiger partial charge in [-0.25, -0.2) is 0 Å². The van der Waals surface area contributed by atoms with Crippen LogP contribution in [0.4, 0.5) is 0 Å². The van der Waals surface area contributed by atoms with Crippen molar-refractivity contribution in [3.05, 3.63) is 21.0 Å². The topological polar surface area (TPSA) is 0 Å². The molecule has 0 saturated heterocycles. The monoisotopic (exact) mass is 220 g/mol. The molecule has 62 valence electrons. The predicted molar refractivity (Wildman–Crippen MR) is 51.3 cm³/mol. The van der Waals surface area contributed by atoms with Crippen LogP contribution in [0, 0.1) is 12.3 Å². The van der Waals surface area contributed by atoms with Crippen LogP contribution in [0.2, 0.25) is 0 Å². The van der Waals surface area contributed by atoms with Crippen LogP contribution in [-0.4, -0.2) is 14.5 Å². The van der Waals surface area contributed by atoms with Crippen molar-refractivity contribution in [2.45, 2.75) is 34.1 Å². The van der Waals surface area contributed by atoms with E-state index in [-0.39, 0.29) is 26.6 Å². The molecule has 0 N–H and O–H groups in total. The fraction of sp³-hybridized carbons (Fsp3) is 0.600. The molecule has 0 aliphatic carbocycles. The molecule has 1 aromatic rings. The third-order valence-electron chi connectivity index (χ3n) is 1.10. The summed E-state index contributed by atoms with van der Waals surface area (Å²) in [6, 6.07) is 0.325. The summed E-state index contributed by atoms with van der Waals surface area (Å²) in [7, 11) is 0. The molecule has 11 heavy (non-hydrogen) atoms. The van der Waals surface area contributed by atoms with Crippen molar-refractivity contribution >= 4 is 14.5 Å². The van der Waals surface area contributed by atoms with E-state index in [0.717, 1.165) is 4.44 Å². The van der Waals surface area contributed by atoms with Crippen LogP contribution < -0.4 is 0 Å². The number of aryl methyl sites for hydroxylation is 1. The van der Waals surface area contributed by atoms with Gasteiger partial charge < -0.3 is 0 Å². The first-order chi connectivity index (χ1) is 6.59. The average molecular weight is 219 g/mol. The van der Waals surface area contributed by atoms with E-state index in [1.807, 2.05) is 27.7 Å². The van der Waals surface area contributed by atoms with Gasteiger partial charge >= 0.3 is 80.4 Å². The zero-order valence-electron chi connectivity index (χ0n) is 11.4. The number of hydrogen-bond donors (Lipinski definition) is 0. The van der Waals surface area contributed by atoms with Gasteiger partial charge in [0.15, 0.2) is 0 Å². The first-order valence-corrected chi connectivity index (χ1v) is 5.37. The summed E-state index contributed by atoms with van der Waals surface area (Å²) in [5.41, 5.74) is -0.527. The third kappa shape index (κ3) is 3.26. The molecule has 0 radical (unpaired) electrons. The first-order valence-electron chi connectivity index (χ1n) is 5.66. The van der Waals surface area contributed by atoms with Gasteiger partial charge in [0.05, 0.1) is 0 Å². The Bertz CT molecular complexity index is 374. The molecule has 0 spiro atoms. The van der Waals surface area contributed by atoms with Crippen molar-refractivity contribution in [1.29, 1.82) is 0 Å². The maximum absolute atomic E-state index is 8.08. The van der Waals surface area contributed by atoms with E-state index in [0.29, 0.717) is 4.44 Å². The minimum atomic E-state index is -1.49. The SMILES string of the molecule is [2H]c1c(C)[se]c(C([2H])([2H])C(C)(C)C)c1[2H]. The Morgan fingerprint density at radius 1 is 1.55 bits per heavy atom. The van der Waals surface area contributed by atoms with E-state index in [9.17, 15) is 0 Å². The molecule has 0 amide bonds. The quantitative estimate of drug-likeness (QED) is 0.637. The van der Waals surface area contributed by atoms with Gasteiger partial charge in [0.2, 0.25) is 0 Å². The average Bonchev–Trinajstić information content (AvgIpc) is 2.31. The Morgan fingerprint density at radius 3 is 2.55 bits per heavy atom. The molecule has 1 rings (SSSR count). The summed E-state index contributed by atoms with van der Waals surface area (Å²) in [6.45, 7) is 7.32. The molecule has 0 aliphatic heterocycles. The molecule has 1 heteroatoms. The molecular weight excluding hydrogens is 199 g/mol. The molecule has 0 nitrogen and oxygen atoms in total. The van der Waals surface area contributed by atoms with Gasteiger partial charge in [-0.2, -0.15) is 0 Å². The Hall–Kier alpha value is -0.000519. The third-order valence-corrected chi connectivity index (χ3v) is 2.81. The Morgan fingerprint density at radius 2 is 2.18 bits per heavy atom. The van der Waals surface area contributed by atoms with Crippen molar-refractivity contribution in [1.82, 2.24) is 0 Å². The van der Waals surface area contributed by atoms with Crippen molar-refractivity contribution in [3.8, 4) is 0 Å². The van der Waals surface area contributed by atoms with Crippen LogP contribution in [0.1, 0.15) is 35.1 Å². The van der Waals surface area contributed by atoms with Gasteiger partial charge in [-0.1, -0.05) is 0 Å².